The van der Waals surface area contributed by atoms with Gasteiger partial charge in [-0.05, 0) is 56.6 Å². The van der Waals surface area contributed by atoms with Crippen LogP contribution in [0.25, 0.3) is 0 Å². The number of hydrogen-bond donors (Lipinski definition) is 3. The summed E-state index contributed by atoms with van der Waals surface area (Å²) >= 11 is 0. The molecule has 6 atom stereocenters. The summed E-state index contributed by atoms with van der Waals surface area (Å²) in [6.07, 6.45) is 8.71. The SMILES string of the molecule is C[C@]12C=CC(=O)C=C1CCC1C2=CC[C@@]2(C)C1C[C@@H](O)[C@]2(O)C(=O)CO. The van der Waals surface area contributed by atoms with Crippen LogP contribution in [0.2, 0.25) is 0 Å². The van der Waals surface area contributed by atoms with E-state index >= 15 is 0 Å². The van der Waals surface area contributed by atoms with Gasteiger partial charge in [0.25, 0.3) is 0 Å². The Morgan fingerprint density at radius 1 is 1.35 bits per heavy atom. The van der Waals surface area contributed by atoms with Crippen LogP contribution in [0.4, 0.5) is 0 Å². The molecule has 0 spiro atoms. The minimum atomic E-state index is -1.91. The van der Waals surface area contributed by atoms with Crippen molar-refractivity contribution in [3.8, 4) is 0 Å². The molecule has 2 saturated carbocycles. The molecular formula is C21H26O5. The Bertz CT molecular complexity index is 777. The van der Waals surface area contributed by atoms with Gasteiger partial charge in [-0.15, -0.1) is 0 Å². The summed E-state index contributed by atoms with van der Waals surface area (Å²) in [5.74, 6) is -0.569. The first-order chi connectivity index (χ1) is 12.2. The topological polar surface area (TPSA) is 94.8 Å². The molecule has 0 aromatic heterocycles. The second-order valence-electron chi connectivity index (χ2n) is 8.74. The monoisotopic (exact) mass is 358 g/mol. The van der Waals surface area contributed by atoms with Crippen LogP contribution >= 0.6 is 0 Å². The molecule has 2 fully saturated rings. The molecule has 5 nitrogen and oxygen atoms in total. The van der Waals surface area contributed by atoms with E-state index in [1.54, 1.807) is 12.2 Å². The highest BCUT2D eigenvalue weighted by atomic mass is 16.4. The van der Waals surface area contributed by atoms with Gasteiger partial charge in [0.1, 0.15) is 6.61 Å². The Balaban J connectivity index is 1.79. The number of carbonyl (C=O) groups is 2. The lowest BCUT2D eigenvalue weighted by molar-refractivity contribution is -0.169. The second-order valence-corrected chi connectivity index (χ2v) is 8.74. The summed E-state index contributed by atoms with van der Waals surface area (Å²) in [7, 11) is 0. The van der Waals surface area contributed by atoms with Gasteiger partial charge in [0, 0.05) is 10.8 Å². The van der Waals surface area contributed by atoms with Gasteiger partial charge >= 0.3 is 0 Å². The number of Topliss-reactive ketones (excluding diaryl/α,β-unsaturated/α-hetero) is 1. The van der Waals surface area contributed by atoms with Crippen LogP contribution in [0.3, 0.4) is 0 Å². The Labute approximate surface area is 153 Å². The molecule has 0 saturated heterocycles. The molecule has 0 radical (unpaired) electrons. The number of allylic oxidation sites excluding steroid dienone is 6. The van der Waals surface area contributed by atoms with Crippen molar-refractivity contribution in [1.29, 1.82) is 0 Å². The maximum Gasteiger partial charge on any atom is 0.192 e. The summed E-state index contributed by atoms with van der Waals surface area (Å²) in [5.41, 5.74) is -0.661. The molecule has 4 aliphatic rings. The minimum absolute atomic E-state index is 0.0244. The smallest absolute Gasteiger partial charge is 0.192 e. The van der Waals surface area contributed by atoms with Crippen LogP contribution in [0, 0.1) is 22.7 Å². The van der Waals surface area contributed by atoms with Crippen molar-refractivity contribution >= 4 is 11.6 Å². The maximum atomic E-state index is 12.4. The van der Waals surface area contributed by atoms with Crippen LogP contribution in [0.1, 0.15) is 39.5 Å². The predicted molar refractivity (Wildman–Crippen MR) is 95.0 cm³/mol. The largest absolute Gasteiger partial charge is 0.390 e. The van der Waals surface area contributed by atoms with Crippen molar-refractivity contribution in [2.45, 2.75) is 51.2 Å². The van der Waals surface area contributed by atoms with Crippen LogP contribution < -0.4 is 0 Å². The molecule has 3 N–H and O–H groups in total. The molecular weight excluding hydrogens is 332 g/mol. The van der Waals surface area contributed by atoms with Gasteiger partial charge in [-0.2, -0.15) is 0 Å². The lowest BCUT2D eigenvalue weighted by Crippen LogP contribution is -2.59. The minimum Gasteiger partial charge on any atom is -0.390 e. The number of carbonyl (C=O) groups excluding carboxylic acids is 2. The molecule has 4 aliphatic carbocycles. The van der Waals surface area contributed by atoms with E-state index in [0.29, 0.717) is 12.8 Å². The molecule has 0 bridgehead atoms. The zero-order valence-electron chi connectivity index (χ0n) is 15.2. The molecule has 26 heavy (non-hydrogen) atoms. The Hall–Kier alpha value is -1.56. The highest BCUT2D eigenvalue weighted by molar-refractivity contribution is 6.01. The average molecular weight is 358 g/mol. The maximum absolute atomic E-state index is 12.4. The van der Waals surface area contributed by atoms with Crippen LogP contribution in [-0.4, -0.2) is 45.2 Å². The van der Waals surface area contributed by atoms with Crippen molar-refractivity contribution in [2.75, 3.05) is 6.61 Å². The van der Waals surface area contributed by atoms with Crippen LogP contribution in [0.15, 0.2) is 35.5 Å². The van der Waals surface area contributed by atoms with E-state index < -0.39 is 29.5 Å². The molecule has 2 unspecified atom stereocenters. The molecule has 4 rings (SSSR count). The van der Waals surface area contributed by atoms with E-state index in [1.165, 1.54) is 5.57 Å². The van der Waals surface area contributed by atoms with Gasteiger partial charge in [-0.1, -0.05) is 30.2 Å². The summed E-state index contributed by atoms with van der Waals surface area (Å²) in [6.45, 7) is 3.22. The van der Waals surface area contributed by atoms with Gasteiger partial charge in [0.15, 0.2) is 17.2 Å². The number of ketones is 2. The average Bonchev–Trinajstić information content (AvgIpc) is 2.83. The molecule has 0 amide bonds. The lowest BCUT2D eigenvalue weighted by atomic mass is 9.51. The van der Waals surface area contributed by atoms with Gasteiger partial charge in [0.2, 0.25) is 0 Å². The Morgan fingerprint density at radius 3 is 2.77 bits per heavy atom. The first-order valence-electron chi connectivity index (χ1n) is 9.38. The molecule has 0 heterocycles. The number of hydrogen-bond acceptors (Lipinski definition) is 5. The van der Waals surface area contributed by atoms with E-state index in [-0.39, 0.29) is 23.0 Å². The summed E-state index contributed by atoms with van der Waals surface area (Å²) < 4.78 is 0. The fourth-order valence-electron chi connectivity index (χ4n) is 6.17. The van der Waals surface area contributed by atoms with E-state index in [9.17, 15) is 24.9 Å². The Morgan fingerprint density at radius 2 is 2.08 bits per heavy atom. The molecule has 5 heteroatoms. The highest BCUT2D eigenvalue weighted by Gasteiger charge is 2.68. The molecule has 0 aromatic rings. The molecule has 140 valence electrons. The van der Waals surface area contributed by atoms with E-state index in [2.05, 4.69) is 13.0 Å². The normalized spacial score (nSPS) is 46.8. The number of aliphatic hydroxyl groups excluding tert-OH is 2. The third kappa shape index (κ3) is 1.97. The second kappa shape index (κ2) is 5.47. The van der Waals surface area contributed by atoms with Crippen LogP contribution in [-0.2, 0) is 9.59 Å². The zero-order chi connectivity index (χ0) is 18.9. The molecule has 0 aromatic carbocycles. The van der Waals surface area contributed by atoms with Crippen molar-refractivity contribution in [3.05, 3.63) is 35.5 Å². The van der Waals surface area contributed by atoms with Gasteiger partial charge in [-0.3, -0.25) is 9.59 Å². The van der Waals surface area contributed by atoms with E-state index in [0.717, 1.165) is 18.4 Å². The van der Waals surface area contributed by atoms with Crippen molar-refractivity contribution in [1.82, 2.24) is 0 Å². The van der Waals surface area contributed by atoms with Crippen molar-refractivity contribution in [3.63, 3.8) is 0 Å². The summed E-state index contributed by atoms with van der Waals surface area (Å²) in [4.78, 5) is 24.1. The fraction of sp³-hybridized carbons (Fsp3) is 0.619. The standard InChI is InChI=1S/C21H26O5/c1-19-7-5-13(23)9-12(19)3-4-14-15(19)6-8-20(2)16(14)10-17(24)21(20,26)18(25)11-22/h5-7,9,14,16-17,22,24,26H,3-4,8,10-11H2,1-2H3/t14?,16?,17-,19+,20+,21+/m1/s1. The Kier molecular flexibility index (Phi) is 3.75. The van der Waals surface area contributed by atoms with Gasteiger partial charge in [-0.25, -0.2) is 0 Å². The predicted octanol–water partition coefficient (Wildman–Crippen LogP) is 1.48. The first kappa shape index (κ1) is 17.8. The van der Waals surface area contributed by atoms with E-state index in [4.69, 9.17) is 0 Å². The van der Waals surface area contributed by atoms with Crippen molar-refractivity contribution in [2.24, 2.45) is 22.7 Å². The van der Waals surface area contributed by atoms with Gasteiger partial charge < -0.3 is 15.3 Å². The third-order valence-electron chi connectivity index (χ3n) is 7.74. The summed E-state index contributed by atoms with van der Waals surface area (Å²) in [6, 6.07) is 0. The lowest BCUT2D eigenvalue weighted by Gasteiger charge is -2.53. The van der Waals surface area contributed by atoms with Crippen molar-refractivity contribution < 1.29 is 24.9 Å². The van der Waals surface area contributed by atoms with Gasteiger partial charge in [0.05, 0.1) is 6.10 Å². The number of fused-ring (bicyclic) bond motifs is 5. The number of aliphatic hydroxyl groups is 3. The van der Waals surface area contributed by atoms with E-state index in [1.807, 2.05) is 13.0 Å². The summed E-state index contributed by atoms with van der Waals surface area (Å²) in [5, 5.41) is 31.1. The first-order valence-corrected chi connectivity index (χ1v) is 9.38. The third-order valence-corrected chi connectivity index (χ3v) is 7.74. The quantitative estimate of drug-likeness (QED) is 0.650. The zero-order valence-corrected chi connectivity index (χ0v) is 15.2. The fourth-order valence-corrected chi connectivity index (χ4v) is 6.17. The van der Waals surface area contributed by atoms with Crippen LogP contribution in [0.5, 0.6) is 0 Å². The highest BCUT2D eigenvalue weighted by Crippen LogP contribution is 2.65. The molecule has 0 aliphatic heterocycles. The number of rotatable bonds is 2.